The van der Waals surface area contributed by atoms with E-state index in [1.807, 2.05) is 13.8 Å². The number of ether oxygens (including phenoxy) is 4. The molecule has 0 aliphatic carbocycles. The minimum atomic E-state index is 0.396. The molecular weight excluding hydrogens is 458 g/mol. The van der Waals surface area contributed by atoms with Gasteiger partial charge in [-0.3, -0.25) is 0 Å². The number of nitrogens with zero attached hydrogens (tertiary/aromatic N) is 5. The Morgan fingerprint density at radius 3 is 2.08 bits per heavy atom. The van der Waals surface area contributed by atoms with Gasteiger partial charge in [-0.15, -0.1) is 5.10 Å². The highest BCUT2D eigenvalue weighted by molar-refractivity contribution is 5.67. The largest absolute Gasteiger partial charge is 0.493 e. The number of anilines is 1. The Kier molecular flexibility index (Phi) is 6.54. The molecule has 0 N–H and O–H groups in total. The maximum atomic E-state index is 6.32. The van der Waals surface area contributed by atoms with E-state index < -0.39 is 0 Å². The lowest BCUT2D eigenvalue weighted by Gasteiger charge is -2.28. The third-order valence-electron chi connectivity index (χ3n) is 6.49. The highest BCUT2D eigenvalue weighted by atomic mass is 16.5. The van der Waals surface area contributed by atoms with Crippen molar-refractivity contribution in [1.29, 1.82) is 0 Å². The number of piperidine rings is 1. The lowest BCUT2D eigenvalue weighted by Crippen LogP contribution is -2.29. The van der Waals surface area contributed by atoms with Crippen LogP contribution in [0.5, 0.6) is 28.9 Å². The molecule has 0 amide bonds. The molecule has 0 bridgehead atoms. The van der Waals surface area contributed by atoms with E-state index in [-0.39, 0.29) is 0 Å². The Labute approximate surface area is 210 Å². The smallest absolute Gasteiger partial charge is 0.249 e. The molecule has 3 heterocycles. The summed E-state index contributed by atoms with van der Waals surface area (Å²) in [5.41, 5.74) is 3.61. The first-order valence-corrected chi connectivity index (χ1v) is 12.1. The number of aromatic nitrogens is 4. The minimum Gasteiger partial charge on any atom is -0.493 e. The second kappa shape index (κ2) is 9.93. The molecule has 1 fully saturated rings. The molecule has 0 saturated carbocycles. The molecule has 0 unspecified atom stereocenters. The zero-order valence-corrected chi connectivity index (χ0v) is 21.4. The van der Waals surface area contributed by atoms with Crippen LogP contribution in [0.3, 0.4) is 0 Å². The zero-order chi connectivity index (χ0) is 25.2. The van der Waals surface area contributed by atoms with Gasteiger partial charge in [0.05, 0.1) is 27.0 Å². The summed E-state index contributed by atoms with van der Waals surface area (Å²) in [5, 5.41) is 4.79. The van der Waals surface area contributed by atoms with Gasteiger partial charge in [0.2, 0.25) is 11.6 Å². The van der Waals surface area contributed by atoms with Gasteiger partial charge in [-0.05, 0) is 57.4 Å². The van der Waals surface area contributed by atoms with Gasteiger partial charge in [-0.1, -0.05) is 0 Å². The fraction of sp³-hybridized carbons (Fsp3) is 0.370. The molecule has 5 rings (SSSR count). The first-order chi connectivity index (χ1) is 17.5. The van der Waals surface area contributed by atoms with Crippen molar-refractivity contribution in [3.05, 3.63) is 47.9 Å². The van der Waals surface area contributed by atoms with Crippen LogP contribution in [0, 0.1) is 13.8 Å². The Balaban J connectivity index is 1.56. The van der Waals surface area contributed by atoms with Crippen molar-refractivity contribution in [3.8, 4) is 40.3 Å². The van der Waals surface area contributed by atoms with Crippen LogP contribution in [-0.4, -0.2) is 54.0 Å². The minimum absolute atomic E-state index is 0.396. The lowest BCUT2D eigenvalue weighted by molar-refractivity contribution is 0.320. The summed E-state index contributed by atoms with van der Waals surface area (Å²) in [5.74, 6) is 3.67. The van der Waals surface area contributed by atoms with Gasteiger partial charge in [0.25, 0.3) is 0 Å². The number of benzene rings is 2. The zero-order valence-electron chi connectivity index (χ0n) is 21.4. The molecule has 1 aliphatic heterocycles. The fourth-order valence-corrected chi connectivity index (χ4v) is 4.69. The molecule has 36 heavy (non-hydrogen) atoms. The topological polar surface area (TPSA) is 83.2 Å². The Morgan fingerprint density at radius 1 is 0.806 bits per heavy atom. The monoisotopic (exact) mass is 489 g/mol. The van der Waals surface area contributed by atoms with E-state index in [2.05, 4.69) is 34.1 Å². The summed E-state index contributed by atoms with van der Waals surface area (Å²) in [7, 11) is 4.70. The van der Waals surface area contributed by atoms with E-state index in [1.54, 1.807) is 38.0 Å². The number of aryl methyl sites for hydroxylation is 2. The highest BCUT2D eigenvalue weighted by Crippen LogP contribution is 2.42. The Hall–Kier alpha value is -4.01. The maximum Gasteiger partial charge on any atom is 0.249 e. The van der Waals surface area contributed by atoms with Crippen molar-refractivity contribution in [2.75, 3.05) is 39.3 Å². The SMILES string of the molecule is COc1cc(Oc2nc(-c3ccc(N4CCCCC4)cc3)nn3c(C)nc(C)c23)cc(OC)c1OC. The summed E-state index contributed by atoms with van der Waals surface area (Å²) >= 11 is 0. The van der Waals surface area contributed by atoms with Crippen molar-refractivity contribution in [1.82, 2.24) is 19.6 Å². The van der Waals surface area contributed by atoms with Gasteiger partial charge in [-0.25, -0.2) is 9.50 Å². The number of methoxy groups -OCH3 is 3. The van der Waals surface area contributed by atoms with Crippen molar-refractivity contribution >= 4 is 11.2 Å². The van der Waals surface area contributed by atoms with Crippen LogP contribution in [0.2, 0.25) is 0 Å². The molecule has 0 spiro atoms. The quantitative estimate of drug-likeness (QED) is 0.350. The van der Waals surface area contributed by atoms with Crippen molar-refractivity contribution in [2.45, 2.75) is 33.1 Å². The average Bonchev–Trinajstić information content (AvgIpc) is 3.21. The van der Waals surface area contributed by atoms with Crippen LogP contribution >= 0.6 is 0 Å². The molecule has 1 saturated heterocycles. The van der Waals surface area contributed by atoms with Gasteiger partial charge < -0.3 is 23.8 Å². The van der Waals surface area contributed by atoms with Crippen molar-refractivity contribution in [2.24, 2.45) is 0 Å². The number of hydrogen-bond donors (Lipinski definition) is 0. The summed E-state index contributed by atoms with van der Waals surface area (Å²) in [4.78, 5) is 11.8. The summed E-state index contributed by atoms with van der Waals surface area (Å²) in [6.07, 6.45) is 3.78. The third-order valence-corrected chi connectivity index (χ3v) is 6.49. The summed E-state index contributed by atoms with van der Waals surface area (Å²) in [6.45, 7) is 6.03. The number of rotatable bonds is 7. The van der Waals surface area contributed by atoms with Crippen molar-refractivity contribution < 1.29 is 18.9 Å². The molecule has 1 aliphatic rings. The van der Waals surface area contributed by atoms with Crippen molar-refractivity contribution in [3.63, 3.8) is 0 Å². The van der Waals surface area contributed by atoms with Gasteiger partial charge >= 0.3 is 0 Å². The Bertz CT molecular complexity index is 1350. The van der Waals surface area contributed by atoms with E-state index in [0.29, 0.717) is 40.2 Å². The second-order valence-electron chi connectivity index (χ2n) is 8.80. The van der Waals surface area contributed by atoms with Crippen LogP contribution in [-0.2, 0) is 0 Å². The van der Waals surface area contributed by atoms with Crippen LogP contribution in [0.4, 0.5) is 5.69 Å². The Morgan fingerprint density at radius 2 is 1.47 bits per heavy atom. The van der Waals surface area contributed by atoms with E-state index in [4.69, 9.17) is 29.0 Å². The second-order valence-corrected chi connectivity index (χ2v) is 8.80. The van der Waals surface area contributed by atoms with Crippen LogP contribution in [0.1, 0.15) is 30.8 Å². The molecule has 9 heteroatoms. The molecule has 9 nitrogen and oxygen atoms in total. The van der Waals surface area contributed by atoms with E-state index in [1.165, 1.54) is 24.9 Å². The molecule has 2 aromatic heterocycles. The molecular formula is C27H31N5O4. The lowest BCUT2D eigenvalue weighted by atomic mass is 10.1. The molecule has 4 aromatic rings. The van der Waals surface area contributed by atoms with Gasteiger partial charge in [-0.2, -0.15) is 4.98 Å². The van der Waals surface area contributed by atoms with E-state index in [9.17, 15) is 0 Å². The summed E-state index contributed by atoms with van der Waals surface area (Å²) < 4.78 is 24.5. The number of imidazole rings is 1. The molecule has 2 aromatic carbocycles. The first-order valence-electron chi connectivity index (χ1n) is 12.1. The molecule has 0 atom stereocenters. The fourth-order valence-electron chi connectivity index (χ4n) is 4.69. The standard InChI is InChI=1S/C27H31N5O4/c1-17-24-27(36-21-15-22(33-3)25(35-5)23(16-21)34-4)29-26(30-32(24)18(2)28-17)19-9-11-20(12-10-19)31-13-7-6-8-14-31/h9-12,15-16H,6-8,13-14H2,1-5H3. The first kappa shape index (κ1) is 23.7. The predicted octanol–water partition coefficient (Wildman–Crippen LogP) is 5.22. The van der Waals surface area contributed by atoms with Crippen LogP contribution in [0.15, 0.2) is 36.4 Å². The summed E-state index contributed by atoms with van der Waals surface area (Å²) in [6, 6.07) is 11.9. The van der Waals surface area contributed by atoms with Crippen LogP contribution < -0.4 is 23.8 Å². The van der Waals surface area contributed by atoms with E-state index >= 15 is 0 Å². The van der Waals surface area contributed by atoms with Gasteiger partial charge in [0, 0.05) is 36.5 Å². The molecule has 188 valence electrons. The van der Waals surface area contributed by atoms with Crippen LogP contribution in [0.25, 0.3) is 16.9 Å². The van der Waals surface area contributed by atoms with Gasteiger partial charge in [0.1, 0.15) is 11.6 Å². The normalized spacial score (nSPS) is 13.6. The maximum absolute atomic E-state index is 6.32. The number of hydrogen-bond acceptors (Lipinski definition) is 8. The molecule has 0 radical (unpaired) electrons. The van der Waals surface area contributed by atoms with E-state index in [0.717, 1.165) is 30.2 Å². The number of fused-ring (bicyclic) bond motifs is 1. The highest BCUT2D eigenvalue weighted by Gasteiger charge is 2.20. The third kappa shape index (κ3) is 4.36. The van der Waals surface area contributed by atoms with Gasteiger partial charge in [0.15, 0.2) is 22.8 Å². The average molecular weight is 490 g/mol. The predicted molar refractivity (Wildman–Crippen MR) is 138 cm³/mol.